The van der Waals surface area contributed by atoms with Gasteiger partial charge in [-0.1, -0.05) is 30.8 Å². The number of amides is 1. The summed E-state index contributed by atoms with van der Waals surface area (Å²) in [5.41, 5.74) is 3.21. The first-order valence-corrected chi connectivity index (χ1v) is 12.0. The van der Waals surface area contributed by atoms with E-state index in [0.29, 0.717) is 17.8 Å². The van der Waals surface area contributed by atoms with Crippen LogP contribution in [0.25, 0.3) is 17.1 Å². The molecule has 4 rings (SSSR count). The third-order valence-corrected chi connectivity index (χ3v) is 6.89. The Bertz CT molecular complexity index is 1010. The molecule has 0 N–H and O–H groups in total. The summed E-state index contributed by atoms with van der Waals surface area (Å²) in [5.74, 6) is 1.28. The normalized spacial score (nSPS) is 18.9. The molecule has 7 heteroatoms. The van der Waals surface area contributed by atoms with Crippen molar-refractivity contribution in [2.45, 2.75) is 63.7 Å². The fourth-order valence-corrected chi connectivity index (χ4v) is 5.10. The van der Waals surface area contributed by atoms with Crippen LogP contribution in [0.1, 0.15) is 45.6 Å². The number of aryl methyl sites for hydroxylation is 1. The molecule has 0 aliphatic carbocycles. The third-order valence-electron chi connectivity index (χ3n) is 5.98. The zero-order chi connectivity index (χ0) is 21.8. The summed E-state index contributed by atoms with van der Waals surface area (Å²) in [4.78, 5) is 19.2. The lowest BCUT2D eigenvalue weighted by Crippen LogP contribution is -2.48. The van der Waals surface area contributed by atoms with Gasteiger partial charge in [0.1, 0.15) is 0 Å². The zero-order valence-electron chi connectivity index (χ0n) is 18.4. The fraction of sp³-hybridized carbons (Fsp3) is 0.417. The maximum atomic E-state index is 13.0. The molecule has 2 atom stereocenters. The van der Waals surface area contributed by atoms with Gasteiger partial charge in [-0.3, -0.25) is 14.3 Å². The molecule has 1 aliphatic rings. The standard InChI is InChI=1S/C24H29N5OS/c1-4-19-8-10-21(11-9-19)29-23(20-12-14-25-15-13-20)26-27-24(29)31-16-22(30)28-17(2)6-5-7-18(28)3/h8-15,17-18H,4-7,16H2,1-3H3/t17-,18-/m1/s1. The molecule has 0 saturated carbocycles. The molecule has 1 aliphatic heterocycles. The molecule has 3 aromatic rings. The van der Waals surface area contributed by atoms with Gasteiger partial charge in [0, 0.05) is 35.7 Å². The lowest BCUT2D eigenvalue weighted by Gasteiger charge is -2.39. The number of pyridine rings is 1. The van der Waals surface area contributed by atoms with Gasteiger partial charge < -0.3 is 4.90 Å². The predicted molar refractivity (Wildman–Crippen MR) is 124 cm³/mol. The number of carbonyl (C=O) groups is 1. The van der Waals surface area contributed by atoms with Crippen molar-refractivity contribution in [3.05, 3.63) is 54.4 Å². The summed E-state index contributed by atoms with van der Waals surface area (Å²) in [6.07, 6.45) is 7.84. The molecule has 3 heterocycles. The van der Waals surface area contributed by atoms with Crippen LogP contribution >= 0.6 is 11.8 Å². The number of piperidine rings is 1. The Morgan fingerprint density at radius 2 is 1.71 bits per heavy atom. The Morgan fingerprint density at radius 1 is 1.03 bits per heavy atom. The smallest absolute Gasteiger partial charge is 0.233 e. The van der Waals surface area contributed by atoms with Gasteiger partial charge in [0.2, 0.25) is 5.91 Å². The molecule has 162 valence electrons. The largest absolute Gasteiger partial charge is 0.337 e. The second-order valence-electron chi connectivity index (χ2n) is 8.12. The highest BCUT2D eigenvalue weighted by molar-refractivity contribution is 7.99. The number of carbonyl (C=O) groups excluding carboxylic acids is 1. The zero-order valence-corrected chi connectivity index (χ0v) is 19.2. The van der Waals surface area contributed by atoms with E-state index in [0.717, 1.165) is 41.5 Å². The summed E-state index contributed by atoms with van der Waals surface area (Å²) < 4.78 is 2.04. The molecule has 0 bridgehead atoms. The van der Waals surface area contributed by atoms with Crippen LogP contribution in [0.3, 0.4) is 0 Å². The first-order valence-electron chi connectivity index (χ1n) is 11.0. The highest BCUT2D eigenvalue weighted by Gasteiger charge is 2.29. The molecule has 0 radical (unpaired) electrons. The number of aromatic nitrogens is 4. The van der Waals surface area contributed by atoms with E-state index in [1.807, 2.05) is 16.7 Å². The predicted octanol–water partition coefficient (Wildman–Crippen LogP) is 4.77. The van der Waals surface area contributed by atoms with Crippen molar-refractivity contribution < 1.29 is 4.79 Å². The van der Waals surface area contributed by atoms with E-state index >= 15 is 0 Å². The van der Waals surface area contributed by atoms with Gasteiger partial charge in [-0.15, -0.1) is 10.2 Å². The molecule has 0 unspecified atom stereocenters. The Hall–Kier alpha value is -2.67. The Labute approximate surface area is 188 Å². The van der Waals surface area contributed by atoms with Crippen molar-refractivity contribution in [3.63, 3.8) is 0 Å². The van der Waals surface area contributed by atoms with Gasteiger partial charge in [-0.05, 0) is 69.4 Å². The number of likely N-dealkylation sites (tertiary alicyclic amines) is 1. The number of hydrogen-bond donors (Lipinski definition) is 0. The van der Waals surface area contributed by atoms with Gasteiger partial charge in [-0.25, -0.2) is 0 Å². The highest BCUT2D eigenvalue weighted by Crippen LogP contribution is 2.29. The topological polar surface area (TPSA) is 63.9 Å². The minimum atomic E-state index is 0.172. The van der Waals surface area contributed by atoms with Crippen molar-refractivity contribution in [1.29, 1.82) is 0 Å². The van der Waals surface area contributed by atoms with Crippen LogP contribution in [-0.4, -0.2) is 48.4 Å². The summed E-state index contributed by atoms with van der Waals surface area (Å²) >= 11 is 1.46. The average molecular weight is 436 g/mol. The quantitative estimate of drug-likeness (QED) is 0.522. The van der Waals surface area contributed by atoms with Crippen LogP contribution in [0.15, 0.2) is 53.9 Å². The molecule has 1 fully saturated rings. The number of nitrogens with zero attached hydrogens (tertiary/aromatic N) is 5. The van der Waals surface area contributed by atoms with Crippen LogP contribution < -0.4 is 0 Å². The third kappa shape index (κ3) is 4.66. The fourth-order valence-electron chi connectivity index (χ4n) is 4.28. The number of benzene rings is 1. The van der Waals surface area contributed by atoms with Crippen LogP contribution in [-0.2, 0) is 11.2 Å². The highest BCUT2D eigenvalue weighted by atomic mass is 32.2. The Kier molecular flexibility index (Phi) is 6.70. The van der Waals surface area contributed by atoms with E-state index in [1.165, 1.54) is 23.7 Å². The first-order chi connectivity index (χ1) is 15.1. The van der Waals surface area contributed by atoms with Gasteiger partial charge >= 0.3 is 0 Å². The average Bonchev–Trinajstić information content (AvgIpc) is 3.22. The molecule has 2 aromatic heterocycles. The van der Waals surface area contributed by atoms with Gasteiger partial charge in [0.25, 0.3) is 0 Å². The van der Waals surface area contributed by atoms with Crippen LogP contribution in [0.2, 0.25) is 0 Å². The maximum Gasteiger partial charge on any atom is 0.233 e. The lowest BCUT2D eigenvalue weighted by molar-refractivity contribution is -0.134. The molecule has 1 amide bonds. The molecule has 1 saturated heterocycles. The SMILES string of the molecule is CCc1ccc(-n2c(SCC(=O)N3[C@H](C)CCC[C@H]3C)nnc2-c2ccncc2)cc1. The molecule has 31 heavy (non-hydrogen) atoms. The number of hydrogen-bond acceptors (Lipinski definition) is 5. The molecule has 6 nitrogen and oxygen atoms in total. The van der Waals surface area contributed by atoms with Crippen molar-refractivity contribution in [2.75, 3.05) is 5.75 Å². The van der Waals surface area contributed by atoms with Crippen LogP contribution in [0, 0.1) is 0 Å². The van der Waals surface area contributed by atoms with Crippen molar-refractivity contribution in [3.8, 4) is 17.1 Å². The molecular weight excluding hydrogens is 406 g/mol. The first kappa shape index (κ1) is 21.6. The van der Waals surface area contributed by atoms with E-state index in [9.17, 15) is 4.79 Å². The lowest BCUT2D eigenvalue weighted by atomic mass is 9.98. The van der Waals surface area contributed by atoms with E-state index in [4.69, 9.17) is 0 Å². The second-order valence-corrected chi connectivity index (χ2v) is 9.06. The molecule has 0 spiro atoms. The monoisotopic (exact) mass is 435 g/mol. The Balaban J connectivity index is 1.63. The van der Waals surface area contributed by atoms with E-state index in [1.54, 1.807) is 12.4 Å². The molecule has 1 aromatic carbocycles. The summed E-state index contributed by atoms with van der Waals surface area (Å²) in [6, 6.07) is 12.9. The van der Waals surface area contributed by atoms with E-state index in [-0.39, 0.29) is 5.91 Å². The van der Waals surface area contributed by atoms with Crippen molar-refractivity contribution in [2.24, 2.45) is 0 Å². The van der Waals surface area contributed by atoms with Crippen LogP contribution in [0.5, 0.6) is 0 Å². The minimum Gasteiger partial charge on any atom is -0.337 e. The van der Waals surface area contributed by atoms with Gasteiger partial charge in [0.15, 0.2) is 11.0 Å². The summed E-state index contributed by atoms with van der Waals surface area (Å²) in [6.45, 7) is 6.45. The van der Waals surface area contributed by atoms with Crippen molar-refractivity contribution in [1.82, 2.24) is 24.6 Å². The summed E-state index contributed by atoms with van der Waals surface area (Å²) in [7, 11) is 0. The number of thioether (sulfide) groups is 1. The number of rotatable bonds is 6. The minimum absolute atomic E-state index is 0.172. The van der Waals surface area contributed by atoms with Crippen LogP contribution in [0.4, 0.5) is 0 Å². The van der Waals surface area contributed by atoms with Gasteiger partial charge in [-0.2, -0.15) is 0 Å². The Morgan fingerprint density at radius 3 is 2.35 bits per heavy atom. The molecular formula is C24H29N5OS. The van der Waals surface area contributed by atoms with E-state index < -0.39 is 0 Å². The maximum absolute atomic E-state index is 13.0. The second kappa shape index (κ2) is 9.64. The van der Waals surface area contributed by atoms with Gasteiger partial charge in [0.05, 0.1) is 5.75 Å². The van der Waals surface area contributed by atoms with Crippen molar-refractivity contribution >= 4 is 17.7 Å². The van der Waals surface area contributed by atoms with E-state index in [2.05, 4.69) is 65.1 Å². The summed E-state index contributed by atoms with van der Waals surface area (Å²) in [5, 5.41) is 9.64.